The predicted molar refractivity (Wildman–Crippen MR) is 73.5 cm³/mol. The van der Waals surface area contributed by atoms with Crippen LogP contribution in [0.1, 0.15) is 46.5 Å². The number of amidine groups is 1. The lowest BCUT2D eigenvalue weighted by Crippen LogP contribution is -2.39. The molecule has 0 radical (unpaired) electrons. The SMILES string of the molecule is CCCCC(CC)C(=O)N(C)CC(C)/C(N)=N/O. The van der Waals surface area contributed by atoms with Gasteiger partial charge in [0.2, 0.25) is 5.91 Å². The molecule has 0 saturated carbocycles. The van der Waals surface area contributed by atoms with E-state index in [1.165, 1.54) is 0 Å². The molecule has 106 valence electrons. The number of rotatable bonds is 8. The van der Waals surface area contributed by atoms with E-state index in [2.05, 4.69) is 12.1 Å². The molecule has 1 amide bonds. The third kappa shape index (κ3) is 5.38. The number of unbranched alkanes of at least 4 members (excludes halogenated alkanes) is 1. The molecule has 2 atom stereocenters. The maximum atomic E-state index is 12.2. The van der Waals surface area contributed by atoms with E-state index in [4.69, 9.17) is 10.9 Å². The monoisotopic (exact) mass is 257 g/mol. The van der Waals surface area contributed by atoms with Crippen molar-refractivity contribution in [2.75, 3.05) is 13.6 Å². The van der Waals surface area contributed by atoms with E-state index in [0.717, 1.165) is 25.7 Å². The van der Waals surface area contributed by atoms with Crippen molar-refractivity contribution in [3.8, 4) is 0 Å². The average molecular weight is 257 g/mol. The van der Waals surface area contributed by atoms with Gasteiger partial charge in [-0.1, -0.05) is 38.8 Å². The Kier molecular flexibility index (Phi) is 8.16. The van der Waals surface area contributed by atoms with Crippen LogP contribution in [0.25, 0.3) is 0 Å². The second-order valence-corrected chi connectivity index (χ2v) is 4.89. The smallest absolute Gasteiger partial charge is 0.225 e. The van der Waals surface area contributed by atoms with Crippen LogP contribution < -0.4 is 5.73 Å². The molecule has 2 unspecified atom stereocenters. The van der Waals surface area contributed by atoms with Crippen molar-refractivity contribution < 1.29 is 10.0 Å². The van der Waals surface area contributed by atoms with Crippen molar-refractivity contribution in [2.45, 2.75) is 46.5 Å². The lowest BCUT2D eigenvalue weighted by molar-refractivity contribution is -0.134. The maximum absolute atomic E-state index is 12.2. The molecule has 5 heteroatoms. The Labute approximate surface area is 110 Å². The van der Waals surface area contributed by atoms with E-state index in [-0.39, 0.29) is 23.6 Å². The molecule has 0 rings (SSSR count). The Bertz CT molecular complexity index is 279. The Hall–Kier alpha value is -1.26. The minimum Gasteiger partial charge on any atom is -0.409 e. The molecular weight excluding hydrogens is 230 g/mol. The highest BCUT2D eigenvalue weighted by Crippen LogP contribution is 2.16. The number of nitrogens with zero attached hydrogens (tertiary/aromatic N) is 2. The second kappa shape index (κ2) is 8.78. The molecule has 3 N–H and O–H groups in total. The lowest BCUT2D eigenvalue weighted by atomic mass is 9.97. The summed E-state index contributed by atoms with van der Waals surface area (Å²) in [4.78, 5) is 13.9. The van der Waals surface area contributed by atoms with Gasteiger partial charge in [0.05, 0.1) is 0 Å². The first-order valence-corrected chi connectivity index (χ1v) is 6.70. The molecule has 0 bridgehead atoms. The number of carbonyl (C=O) groups excluding carboxylic acids is 1. The van der Waals surface area contributed by atoms with Crippen LogP contribution in [-0.2, 0) is 4.79 Å². The van der Waals surface area contributed by atoms with Crippen LogP contribution in [0.4, 0.5) is 0 Å². The standard InChI is InChI=1S/C13H27N3O2/c1-5-7-8-11(6-2)13(17)16(4)9-10(3)12(14)15-18/h10-11,18H,5-9H2,1-4H3,(H2,14,15). The fourth-order valence-corrected chi connectivity index (χ4v) is 1.96. The summed E-state index contributed by atoms with van der Waals surface area (Å²) in [7, 11) is 1.78. The Morgan fingerprint density at radius 1 is 1.44 bits per heavy atom. The van der Waals surface area contributed by atoms with Gasteiger partial charge in [0, 0.05) is 25.4 Å². The average Bonchev–Trinajstić information content (AvgIpc) is 2.37. The summed E-state index contributed by atoms with van der Waals surface area (Å²) in [6.45, 7) is 6.49. The summed E-state index contributed by atoms with van der Waals surface area (Å²) in [5.41, 5.74) is 5.52. The summed E-state index contributed by atoms with van der Waals surface area (Å²) in [6, 6.07) is 0. The highest BCUT2D eigenvalue weighted by atomic mass is 16.4. The van der Waals surface area contributed by atoms with Gasteiger partial charge in [0.25, 0.3) is 0 Å². The van der Waals surface area contributed by atoms with Gasteiger partial charge in [-0.3, -0.25) is 4.79 Å². The molecule has 0 fully saturated rings. The summed E-state index contributed by atoms with van der Waals surface area (Å²) < 4.78 is 0. The quantitative estimate of drug-likeness (QED) is 0.302. The van der Waals surface area contributed by atoms with E-state index >= 15 is 0 Å². The maximum Gasteiger partial charge on any atom is 0.225 e. The Morgan fingerprint density at radius 3 is 2.50 bits per heavy atom. The zero-order valence-electron chi connectivity index (χ0n) is 12.0. The normalized spacial score (nSPS) is 15.2. The lowest BCUT2D eigenvalue weighted by Gasteiger charge is -2.25. The molecule has 0 aromatic heterocycles. The first-order chi connectivity index (χ1) is 8.47. The van der Waals surface area contributed by atoms with E-state index in [9.17, 15) is 4.79 Å². The summed E-state index contributed by atoms with van der Waals surface area (Å²) in [5, 5.41) is 11.6. The van der Waals surface area contributed by atoms with E-state index < -0.39 is 0 Å². The molecule has 5 nitrogen and oxygen atoms in total. The number of amides is 1. The van der Waals surface area contributed by atoms with E-state index in [1.54, 1.807) is 11.9 Å². The fourth-order valence-electron chi connectivity index (χ4n) is 1.96. The van der Waals surface area contributed by atoms with Gasteiger partial charge >= 0.3 is 0 Å². The largest absolute Gasteiger partial charge is 0.409 e. The van der Waals surface area contributed by atoms with Crippen molar-refractivity contribution in [1.82, 2.24) is 4.90 Å². The van der Waals surface area contributed by atoms with Gasteiger partial charge in [-0.2, -0.15) is 0 Å². The van der Waals surface area contributed by atoms with E-state index in [0.29, 0.717) is 6.54 Å². The van der Waals surface area contributed by atoms with E-state index in [1.807, 2.05) is 13.8 Å². The first-order valence-electron chi connectivity index (χ1n) is 6.70. The summed E-state index contributed by atoms with van der Waals surface area (Å²) in [5.74, 6) is 0.280. The zero-order chi connectivity index (χ0) is 14.1. The molecule has 0 aromatic carbocycles. The number of carbonyl (C=O) groups is 1. The highest BCUT2D eigenvalue weighted by molar-refractivity contribution is 5.83. The predicted octanol–water partition coefficient (Wildman–Crippen LogP) is 2.04. The van der Waals surface area contributed by atoms with Crippen LogP contribution >= 0.6 is 0 Å². The number of hydrogen-bond donors (Lipinski definition) is 2. The minimum absolute atomic E-state index is 0.0921. The van der Waals surface area contributed by atoms with Gasteiger partial charge in [-0.05, 0) is 12.8 Å². The Morgan fingerprint density at radius 2 is 2.06 bits per heavy atom. The fraction of sp³-hybridized carbons (Fsp3) is 0.846. The zero-order valence-corrected chi connectivity index (χ0v) is 12.0. The van der Waals surface area contributed by atoms with Crippen molar-refractivity contribution in [3.05, 3.63) is 0 Å². The third-order valence-electron chi connectivity index (χ3n) is 3.29. The van der Waals surface area contributed by atoms with Gasteiger partial charge < -0.3 is 15.8 Å². The van der Waals surface area contributed by atoms with Crippen LogP contribution in [0.3, 0.4) is 0 Å². The third-order valence-corrected chi connectivity index (χ3v) is 3.29. The van der Waals surface area contributed by atoms with Crippen LogP contribution in [0.5, 0.6) is 0 Å². The van der Waals surface area contributed by atoms with Gasteiger partial charge in [-0.15, -0.1) is 0 Å². The molecule has 0 aliphatic carbocycles. The van der Waals surface area contributed by atoms with Gasteiger partial charge in [-0.25, -0.2) is 0 Å². The van der Waals surface area contributed by atoms with Gasteiger partial charge in [0.1, 0.15) is 5.84 Å². The van der Waals surface area contributed by atoms with Crippen LogP contribution in [0, 0.1) is 11.8 Å². The highest BCUT2D eigenvalue weighted by Gasteiger charge is 2.22. The second-order valence-electron chi connectivity index (χ2n) is 4.89. The number of hydrogen-bond acceptors (Lipinski definition) is 3. The molecule has 0 aromatic rings. The summed E-state index contributed by atoms with van der Waals surface area (Å²) >= 11 is 0. The van der Waals surface area contributed by atoms with Crippen molar-refractivity contribution in [3.63, 3.8) is 0 Å². The Balaban J connectivity index is 4.38. The first kappa shape index (κ1) is 16.7. The topological polar surface area (TPSA) is 78.9 Å². The van der Waals surface area contributed by atoms with Crippen molar-refractivity contribution in [2.24, 2.45) is 22.7 Å². The van der Waals surface area contributed by atoms with Crippen molar-refractivity contribution >= 4 is 11.7 Å². The van der Waals surface area contributed by atoms with Gasteiger partial charge in [0.15, 0.2) is 0 Å². The van der Waals surface area contributed by atoms with Crippen LogP contribution in [0.2, 0.25) is 0 Å². The summed E-state index contributed by atoms with van der Waals surface area (Å²) in [6.07, 6.45) is 3.98. The van der Waals surface area contributed by atoms with Crippen molar-refractivity contribution in [1.29, 1.82) is 0 Å². The number of nitrogens with two attached hydrogens (primary N) is 1. The molecule has 0 aliphatic rings. The molecule has 0 aliphatic heterocycles. The molecular formula is C13H27N3O2. The number of oxime groups is 1. The van der Waals surface area contributed by atoms with Crippen LogP contribution in [-0.4, -0.2) is 35.4 Å². The molecule has 18 heavy (non-hydrogen) atoms. The minimum atomic E-state index is -0.132. The molecule has 0 spiro atoms. The molecule has 0 heterocycles. The van der Waals surface area contributed by atoms with Crippen LogP contribution in [0.15, 0.2) is 5.16 Å². The molecule has 0 saturated heterocycles.